The van der Waals surface area contributed by atoms with E-state index in [1.54, 1.807) is 0 Å². The van der Waals surface area contributed by atoms with Crippen LogP contribution in [0.4, 0.5) is 4.79 Å². The minimum absolute atomic E-state index is 0.0315. The molecule has 1 saturated heterocycles. The monoisotopic (exact) mass is 587 g/mol. The van der Waals surface area contributed by atoms with Gasteiger partial charge < -0.3 is 20.7 Å². The Morgan fingerprint density at radius 2 is 1.85 bits per heavy atom. The maximum atomic E-state index is 13.5. The quantitative estimate of drug-likeness (QED) is 0.363. The summed E-state index contributed by atoms with van der Waals surface area (Å²) in [6.07, 6.45) is 6.62. The molecule has 6 atom stereocenters. The Balaban J connectivity index is 1.30. The first-order valence-electron chi connectivity index (χ1n) is 14.2. The minimum Gasteiger partial charge on any atom is -0.436 e. The average Bonchev–Trinajstić information content (AvgIpc) is 3.78. The molecule has 1 aromatic rings. The highest BCUT2D eigenvalue weighted by Gasteiger charge is 2.61. The molecule has 0 radical (unpaired) electrons. The molecule has 222 valence electrons. The molecule has 4 aliphatic rings. The molecular formula is C28H37N5O7S. The predicted octanol–water partition coefficient (Wildman–Crippen LogP) is 1.34. The highest BCUT2D eigenvalue weighted by atomic mass is 32.2. The number of fused-ring (bicyclic) bond motifs is 2. The summed E-state index contributed by atoms with van der Waals surface area (Å²) in [6.45, 7) is 0.292. The molecule has 2 heterocycles. The Morgan fingerprint density at radius 3 is 2.61 bits per heavy atom. The number of allylic oxidation sites excluding steroid dienone is 1. The average molecular weight is 588 g/mol. The normalized spacial score (nSPS) is 32.0. The highest BCUT2D eigenvalue weighted by Crippen LogP contribution is 2.46. The van der Waals surface area contributed by atoms with Gasteiger partial charge in [0, 0.05) is 24.4 Å². The lowest BCUT2D eigenvalue weighted by Crippen LogP contribution is -2.58. The maximum Gasteiger partial charge on any atom is 0.405 e. The van der Waals surface area contributed by atoms with Crippen molar-refractivity contribution in [3.8, 4) is 0 Å². The van der Waals surface area contributed by atoms with Gasteiger partial charge in [0.2, 0.25) is 5.91 Å². The van der Waals surface area contributed by atoms with Gasteiger partial charge in [0.05, 0.1) is 0 Å². The Morgan fingerprint density at radius 1 is 1.07 bits per heavy atom. The van der Waals surface area contributed by atoms with E-state index in [4.69, 9.17) is 10.5 Å². The van der Waals surface area contributed by atoms with E-state index in [2.05, 4.69) is 14.8 Å². The molecule has 13 heteroatoms. The number of rotatable bonds is 6. The van der Waals surface area contributed by atoms with E-state index >= 15 is 0 Å². The zero-order chi connectivity index (χ0) is 29.2. The topological polar surface area (TPSA) is 177 Å². The van der Waals surface area contributed by atoms with Crippen LogP contribution in [0, 0.1) is 5.92 Å². The number of nitrogens with one attached hydrogen (secondary N) is 3. The van der Waals surface area contributed by atoms with E-state index in [0.29, 0.717) is 45.1 Å². The van der Waals surface area contributed by atoms with Gasteiger partial charge in [-0.05, 0) is 56.9 Å². The maximum absolute atomic E-state index is 13.5. The molecule has 0 bridgehead atoms. The number of hydrogen-bond donors (Lipinski definition) is 4. The number of amides is 4. The van der Waals surface area contributed by atoms with Gasteiger partial charge in [-0.1, -0.05) is 48.9 Å². The number of benzene rings is 1. The molecular weight excluding hydrogens is 550 g/mol. The number of hydrogen-bond acceptors (Lipinski definition) is 7. The first-order chi connectivity index (χ1) is 19.6. The molecule has 2 aliphatic carbocycles. The summed E-state index contributed by atoms with van der Waals surface area (Å²) in [6, 6.07) is 8.33. The van der Waals surface area contributed by atoms with Crippen LogP contribution in [0.15, 0.2) is 42.5 Å². The van der Waals surface area contributed by atoms with Crippen LogP contribution in [-0.2, 0) is 29.3 Å². The van der Waals surface area contributed by atoms with E-state index < -0.39 is 51.7 Å². The molecule has 2 saturated carbocycles. The van der Waals surface area contributed by atoms with Gasteiger partial charge in [0.15, 0.2) is 6.10 Å². The van der Waals surface area contributed by atoms with Crippen LogP contribution in [0.5, 0.6) is 0 Å². The smallest absolute Gasteiger partial charge is 0.405 e. The van der Waals surface area contributed by atoms with Crippen molar-refractivity contribution in [2.75, 3.05) is 6.54 Å². The lowest BCUT2D eigenvalue weighted by Gasteiger charge is -2.29. The minimum atomic E-state index is -4.20. The molecule has 12 nitrogen and oxygen atoms in total. The van der Waals surface area contributed by atoms with E-state index in [1.807, 2.05) is 42.5 Å². The van der Waals surface area contributed by atoms with Crippen molar-refractivity contribution in [3.05, 3.63) is 48.0 Å². The third-order valence-corrected chi connectivity index (χ3v) is 9.46. The van der Waals surface area contributed by atoms with Gasteiger partial charge in [-0.3, -0.25) is 14.4 Å². The van der Waals surface area contributed by atoms with Gasteiger partial charge >= 0.3 is 16.3 Å². The van der Waals surface area contributed by atoms with Gasteiger partial charge in [-0.25, -0.2) is 9.52 Å². The summed E-state index contributed by atoms with van der Waals surface area (Å²) in [4.78, 5) is 53.1. The Hall–Kier alpha value is -3.45. The second-order valence-corrected chi connectivity index (χ2v) is 12.8. The zero-order valence-electron chi connectivity index (χ0n) is 22.8. The van der Waals surface area contributed by atoms with E-state index in [9.17, 15) is 27.6 Å². The number of nitrogens with two attached hydrogens (primary N) is 1. The Kier molecular flexibility index (Phi) is 8.37. The summed E-state index contributed by atoms with van der Waals surface area (Å²) >= 11 is 0. The van der Waals surface area contributed by atoms with Crippen molar-refractivity contribution in [2.24, 2.45) is 11.7 Å². The van der Waals surface area contributed by atoms with E-state index in [1.165, 1.54) is 4.90 Å². The van der Waals surface area contributed by atoms with Crippen molar-refractivity contribution in [1.82, 2.24) is 19.7 Å². The number of carbonyl (C=O) groups excluding carboxylic acids is 4. The van der Waals surface area contributed by atoms with Crippen molar-refractivity contribution >= 4 is 34.0 Å². The molecule has 4 amide bonds. The second-order valence-electron chi connectivity index (χ2n) is 11.4. The SMILES string of the molecule is NC(=O)OC1CCCCCC=CC2CC2(C(=O)NS(=O)(=O)NC2CC2c2ccccc2)NC(=O)C2CCCN2C1=O. The van der Waals surface area contributed by atoms with Gasteiger partial charge in [-0.2, -0.15) is 13.1 Å². The van der Waals surface area contributed by atoms with Crippen LogP contribution in [0.2, 0.25) is 0 Å². The van der Waals surface area contributed by atoms with Crippen LogP contribution in [0.1, 0.15) is 69.3 Å². The van der Waals surface area contributed by atoms with Crippen LogP contribution in [0.3, 0.4) is 0 Å². The summed E-state index contributed by atoms with van der Waals surface area (Å²) in [5.74, 6) is -2.22. The van der Waals surface area contributed by atoms with Crippen molar-refractivity contribution in [1.29, 1.82) is 0 Å². The lowest BCUT2D eigenvalue weighted by molar-refractivity contribution is -0.146. The largest absolute Gasteiger partial charge is 0.436 e. The predicted molar refractivity (Wildman–Crippen MR) is 148 cm³/mol. The first kappa shape index (κ1) is 29.1. The standard InChI is InChI=1S/C28H37N5O7S/c29-27(37)40-23-14-8-3-1-2-7-12-19-17-28(19,30-24(34)22-13-9-15-33(22)25(23)35)26(36)32-41(38,39)31-21-16-20(21)18-10-5-4-6-11-18/h4-7,10-12,19-23,31H,1-3,8-9,13-17H2,(H2,29,37)(H,30,34)(H,32,36). The first-order valence-corrected chi connectivity index (χ1v) is 15.7. The molecule has 0 spiro atoms. The van der Waals surface area contributed by atoms with Crippen LogP contribution in [0.25, 0.3) is 0 Å². The summed E-state index contributed by atoms with van der Waals surface area (Å²) in [5, 5.41) is 2.79. The molecule has 2 aliphatic heterocycles. The van der Waals surface area contributed by atoms with Crippen molar-refractivity contribution in [3.63, 3.8) is 0 Å². The molecule has 0 aromatic heterocycles. The van der Waals surface area contributed by atoms with E-state index in [0.717, 1.165) is 18.4 Å². The fourth-order valence-corrected chi connectivity index (χ4v) is 7.16. The number of carbonyl (C=O) groups is 4. The van der Waals surface area contributed by atoms with Gasteiger partial charge in [-0.15, -0.1) is 0 Å². The number of ether oxygens (including phenoxy) is 1. The summed E-state index contributed by atoms with van der Waals surface area (Å²) in [7, 11) is -4.20. The summed E-state index contributed by atoms with van der Waals surface area (Å²) in [5.41, 5.74) is 4.78. The van der Waals surface area contributed by atoms with Crippen molar-refractivity contribution in [2.45, 2.75) is 87.4 Å². The van der Waals surface area contributed by atoms with Crippen LogP contribution < -0.4 is 20.5 Å². The molecule has 41 heavy (non-hydrogen) atoms. The summed E-state index contributed by atoms with van der Waals surface area (Å²) < 4.78 is 35.6. The fourth-order valence-electron chi connectivity index (χ4n) is 6.01. The lowest BCUT2D eigenvalue weighted by atomic mass is 10.1. The van der Waals surface area contributed by atoms with Gasteiger partial charge in [0.25, 0.3) is 11.8 Å². The molecule has 5 N–H and O–H groups in total. The molecule has 1 aromatic carbocycles. The number of primary amides is 1. The van der Waals surface area contributed by atoms with Gasteiger partial charge in [0.1, 0.15) is 11.6 Å². The fraction of sp³-hybridized carbons (Fsp3) is 0.571. The Bertz CT molecular complexity index is 1320. The number of nitrogens with zero attached hydrogens (tertiary/aromatic N) is 1. The third-order valence-electron chi connectivity index (χ3n) is 8.40. The second kappa shape index (κ2) is 11.8. The van der Waals surface area contributed by atoms with Crippen LogP contribution in [-0.4, -0.2) is 67.4 Å². The van der Waals surface area contributed by atoms with E-state index in [-0.39, 0.29) is 24.3 Å². The highest BCUT2D eigenvalue weighted by molar-refractivity contribution is 7.88. The zero-order valence-corrected chi connectivity index (χ0v) is 23.6. The Labute approximate surface area is 239 Å². The van der Waals surface area contributed by atoms with Crippen LogP contribution >= 0.6 is 0 Å². The molecule has 5 rings (SSSR count). The molecule has 3 fully saturated rings. The van der Waals surface area contributed by atoms with Crippen molar-refractivity contribution < 1.29 is 32.3 Å². The molecule has 6 unspecified atom stereocenters. The third kappa shape index (κ3) is 6.72.